The van der Waals surface area contributed by atoms with Gasteiger partial charge in [0.15, 0.2) is 0 Å². The molecule has 0 aliphatic carbocycles. The lowest BCUT2D eigenvalue weighted by Gasteiger charge is -2.24. The van der Waals surface area contributed by atoms with Crippen molar-refractivity contribution < 1.29 is 0 Å². The molecule has 88 valence electrons. The van der Waals surface area contributed by atoms with Gasteiger partial charge in [0.25, 0.3) is 0 Å². The van der Waals surface area contributed by atoms with Crippen molar-refractivity contribution >= 4 is 0 Å². The summed E-state index contributed by atoms with van der Waals surface area (Å²) in [6.45, 7) is 10.7. The summed E-state index contributed by atoms with van der Waals surface area (Å²) >= 11 is 0. The highest BCUT2D eigenvalue weighted by atomic mass is 15.2. The molecule has 1 heteroatoms. The lowest BCUT2D eigenvalue weighted by Crippen LogP contribution is -2.23. The molecule has 0 amide bonds. The van der Waals surface area contributed by atoms with E-state index in [0.717, 1.165) is 12.5 Å². The van der Waals surface area contributed by atoms with Crippen molar-refractivity contribution in [1.29, 1.82) is 0 Å². The van der Waals surface area contributed by atoms with E-state index in [-0.39, 0.29) is 0 Å². The van der Waals surface area contributed by atoms with Gasteiger partial charge < -0.3 is 0 Å². The molecule has 1 aliphatic heterocycles. The Hall–Kier alpha value is -0.820. The van der Waals surface area contributed by atoms with E-state index in [1.54, 1.807) is 0 Å². The number of hydrogen-bond donors (Lipinski definition) is 0. The highest BCUT2D eigenvalue weighted by molar-refractivity contribution is 5.14. The average Bonchev–Trinajstić information content (AvgIpc) is 2.54. The molecule has 1 saturated heterocycles. The third-order valence-electron chi connectivity index (χ3n) is 3.96. The van der Waals surface area contributed by atoms with Gasteiger partial charge in [-0.3, -0.25) is 4.90 Å². The zero-order valence-electron chi connectivity index (χ0n) is 10.7. The van der Waals surface area contributed by atoms with Crippen LogP contribution in [0.1, 0.15) is 32.8 Å². The van der Waals surface area contributed by atoms with Crippen molar-refractivity contribution in [2.45, 2.75) is 33.7 Å². The van der Waals surface area contributed by atoms with Crippen molar-refractivity contribution in [2.75, 3.05) is 13.1 Å². The van der Waals surface area contributed by atoms with Crippen LogP contribution >= 0.6 is 0 Å². The largest absolute Gasteiger partial charge is 0.298 e. The molecule has 1 aromatic rings. The molecule has 0 spiro atoms. The molecule has 0 bridgehead atoms. The zero-order chi connectivity index (χ0) is 11.6. The monoisotopic (exact) mass is 217 g/mol. The first-order valence-corrected chi connectivity index (χ1v) is 6.38. The Kier molecular flexibility index (Phi) is 3.34. The van der Waals surface area contributed by atoms with E-state index in [2.05, 4.69) is 56.0 Å². The maximum atomic E-state index is 2.60. The van der Waals surface area contributed by atoms with E-state index in [1.807, 2.05) is 0 Å². The van der Waals surface area contributed by atoms with Crippen LogP contribution in [0, 0.1) is 11.3 Å². The molecule has 1 unspecified atom stereocenters. The topological polar surface area (TPSA) is 3.24 Å². The number of hydrogen-bond acceptors (Lipinski definition) is 1. The second kappa shape index (κ2) is 4.58. The van der Waals surface area contributed by atoms with E-state index in [4.69, 9.17) is 0 Å². The smallest absolute Gasteiger partial charge is 0.0234 e. The minimum Gasteiger partial charge on any atom is -0.298 e. The van der Waals surface area contributed by atoms with Gasteiger partial charge in [-0.15, -0.1) is 0 Å². The van der Waals surface area contributed by atoms with Gasteiger partial charge in [0.1, 0.15) is 0 Å². The second-order valence-corrected chi connectivity index (χ2v) is 5.75. The minimum atomic E-state index is 0.490. The van der Waals surface area contributed by atoms with Crippen LogP contribution < -0.4 is 0 Å². The van der Waals surface area contributed by atoms with Crippen molar-refractivity contribution in [3.63, 3.8) is 0 Å². The van der Waals surface area contributed by atoms with Gasteiger partial charge in [-0.2, -0.15) is 0 Å². The lowest BCUT2D eigenvalue weighted by atomic mass is 9.81. The van der Waals surface area contributed by atoms with Crippen molar-refractivity contribution in [3.05, 3.63) is 35.9 Å². The predicted octanol–water partition coefficient (Wildman–Crippen LogP) is 3.55. The number of likely N-dealkylation sites (tertiary alicyclic amines) is 1. The Balaban J connectivity index is 1.99. The van der Waals surface area contributed by atoms with Gasteiger partial charge in [0.05, 0.1) is 0 Å². The molecule has 0 aromatic heterocycles. The molecule has 0 radical (unpaired) electrons. The fraction of sp³-hybridized carbons (Fsp3) is 0.600. The molecule has 1 atom stereocenters. The number of benzene rings is 1. The maximum absolute atomic E-state index is 2.60. The van der Waals surface area contributed by atoms with Gasteiger partial charge in [-0.05, 0) is 16.9 Å². The van der Waals surface area contributed by atoms with E-state index >= 15 is 0 Å². The predicted molar refractivity (Wildman–Crippen MR) is 69.3 cm³/mol. The zero-order valence-corrected chi connectivity index (χ0v) is 10.7. The molecular formula is C15H23N. The summed E-state index contributed by atoms with van der Waals surface area (Å²) in [4.78, 5) is 2.60. The summed E-state index contributed by atoms with van der Waals surface area (Å²) in [5.41, 5.74) is 1.93. The minimum absolute atomic E-state index is 0.490. The SMILES string of the molecule is CCC1CN(Cc2ccccc2)CC1(C)C. The fourth-order valence-corrected chi connectivity index (χ4v) is 2.97. The number of rotatable bonds is 3. The normalized spacial score (nSPS) is 24.8. The Bertz CT molecular complexity index is 329. The highest BCUT2D eigenvalue weighted by Gasteiger charge is 2.37. The molecular weight excluding hydrogens is 194 g/mol. The van der Waals surface area contributed by atoms with Crippen molar-refractivity contribution in [2.24, 2.45) is 11.3 Å². The first-order chi connectivity index (χ1) is 7.62. The summed E-state index contributed by atoms with van der Waals surface area (Å²) in [7, 11) is 0. The summed E-state index contributed by atoms with van der Waals surface area (Å²) in [6.07, 6.45) is 1.30. The molecule has 1 nitrogen and oxygen atoms in total. The quantitative estimate of drug-likeness (QED) is 0.748. The van der Waals surface area contributed by atoms with Crippen LogP contribution in [0.5, 0.6) is 0 Å². The van der Waals surface area contributed by atoms with E-state index in [0.29, 0.717) is 5.41 Å². The van der Waals surface area contributed by atoms with Crippen LogP contribution in [-0.2, 0) is 6.54 Å². The Morgan fingerprint density at radius 1 is 1.25 bits per heavy atom. The van der Waals surface area contributed by atoms with E-state index in [1.165, 1.54) is 25.1 Å². The van der Waals surface area contributed by atoms with Gasteiger partial charge in [0, 0.05) is 19.6 Å². The molecule has 0 N–H and O–H groups in total. The van der Waals surface area contributed by atoms with Crippen LogP contribution in [0.15, 0.2) is 30.3 Å². The van der Waals surface area contributed by atoms with Gasteiger partial charge >= 0.3 is 0 Å². The second-order valence-electron chi connectivity index (χ2n) is 5.75. The fourth-order valence-electron chi connectivity index (χ4n) is 2.97. The molecule has 2 rings (SSSR count). The molecule has 16 heavy (non-hydrogen) atoms. The molecule has 1 aromatic carbocycles. The van der Waals surface area contributed by atoms with Gasteiger partial charge in [-0.1, -0.05) is 57.5 Å². The molecule has 1 heterocycles. The Morgan fingerprint density at radius 3 is 2.50 bits per heavy atom. The number of nitrogens with zero attached hydrogens (tertiary/aromatic N) is 1. The maximum Gasteiger partial charge on any atom is 0.0234 e. The van der Waals surface area contributed by atoms with Crippen LogP contribution in [0.25, 0.3) is 0 Å². The first-order valence-electron chi connectivity index (χ1n) is 6.38. The van der Waals surface area contributed by atoms with E-state index < -0.39 is 0 Å². The standard InChI is InChI=1S/C15H23N/c1-4-14-11-16(12-15(14,2)3)10-13-8-6-5-7-9-13/h5-9,14H,4,10-12H2,1-3H3. The molecule has 0 saturated carbocycles. The first kappa shape index (κ1) is 11.7. The van der Waals surface area contributed by atoms with Gasteiger partial charge in [-0.25, -0.2) is 0 Å². The molecule has 1 fully saturated rings. The van der Waals surface area contributed by atoms with Crippen molar-refractivity contribution in [1.82, 2.24) is 4.90 Å². The average molecular weight is 217 g/mol. The lowest BCUT2D eigenvalue weighted by molar-refractivity contribution is 0.265. The van der Waals surface area contributed by atoms with Crippen LogP contribution in [0.3, 0.4) is 0 Å². The highest BCUT2D eigenvalue weighted by Crippen LogP contribution is 2.37. The van der Waals surface area contributed by atoms with Crippen molar-refractivity contribution in [3.8, 4) is 0 Å². The third-order valence-corrected chi connectivity index (χ3v) is 3.96. The van der Waals surface area contributed by atoms with E-state index in [9.17, 15) is 0 Å². The van der Waals surface area contributed by atoms with Crippen LogP contribution in [0.4, 0.5) is 0 Å². The Morgan fingerprint density at radius 2 is 1.94 bits per heavy atom. The van der Waals surface area contributed by atoms with Crippen LogP contribution in [-0.4, -0.2) is 18.0 Å². The third kappa shape index (κ3) is 2.46. The Labute approximate surface area is 99.5 Å². The summed E-state index contributed by atoms with van der Waals surface area (Å²) < 4.78 is 0. The summed E-state index contributed by atoms with van der Waals surface area (Å²) in [5, 5.41) is 0. The molecule has 1 aliphatic rings. The van der Waals surface area contributed by atoms with Crippen LogP contribution in [0.2, 0.25) is 0 Å². The van der Waals surface area contributed by atoms with Gasteiger partial charge in [0.2, 0.25) is 0 Å². The summed E-state index contributed by atoms with van der Waals surface area (Å²) in [6, 6.07) is 10.8. The summed E-state index contributed by atoms with van der Waals surface area (Å²) in [5.74, 6) is 0.858.